The number of esters is 1. The monoisotopic (exact) mass is 493 g/mol. The molecule has 1 atom stereocenters. The molecule has 3 rings (SSSR count). The van der Waals surface area contributed by atoms with Crippen molar-refractivity contribution in [3.05, 3.63) is 81.1 Å². The maximum atomic E-state index is 12.9. The highest BCUT2D eigenvalue weighted by Gasteiger charge is 2.33. The second-order valence-electron chi connectivity index (χ2n) is 7.83. The fourth-order valence-electron chi connectivity index (χ4n) is 3.50. The van der Waals surface area contributed by atoms with Crippen LogP contribution in [0.1, 0.15) is 40.0 Å². The molecule has 0 spiro atoms. The Bertz CT molecular complexity index is 1250. The lowest BCUT2D eigenvalue weighted by atomic mass is 10.1. The Morgan fingerprint density at radius 1 is 1.23 bits per heavy atom. The zero-order valence-electron chi connectivity index (χ0n) is 19.0. The standard InChI is InChI=1S/C23H22F3N3O6/c1-13-9-18(15(3)28(13)11-17-5-4-8-34-17)21(30)12-35-22(31)14(2)27-19-7-6-16(23(24,25)26)10-20(19)29(32)33/h4-10,14,27H,11-12H2,1-3H3. The summed E-state index contributed by atoms with van der Waals surface area (Å²) in [4.78, 5) is 35.2. The Kier molecular flexibility index (Phi) is 7.32. The van der Waals surface area contributed by atoms with Crippen LogP contribution >= 0.6 is 0 Å². The second kappa shape index (κ2) is 10.0. The van der Waals surface area contributed by atoms with Crippen LogP contribution in [0.2, 0.25) is 0 Å². The highest BCUT2D eigenvalue weighted by Crippen LogP contribution is 2.35. The zero-order chi connectivity index (χ0) is 25.9. The van der Waals surface area contributed by atoms with Crippen molar-refractivity contribution in [1.29, 1.82) is 0 Å². The van der Waals surface area contributed by atoms with Gasteiger partial charge in [-0.1, -0.05) is 0 Å². The maximum Gasteiger partial charge on any atom is 0.416 e. The molecular formula is C23H22F3N3O6. The van der Waals surface area contributed by atoms with E-state index in [2.05, 4.69) is 5.32 Å². The van der Waals surface area contributed by atoms with E-state index in [9.17, 15) is 32.9 Å². The largest absolute Gasteiger partial charge is 0.467 e. The van der Waals surface area contributed by atoms with Gasteiger partial charge in [-0.25, -0.2) is 4.79 Å². The third kappa shape index (κ3) is 5.89. The van der Waals surface area contributed by atoms with Crippen molar-refractivity contribution in [2.45, 2.75) is 39.5 Å². The van der Waals surface area contributed by atoms with Crippen molar-refractivity contribution >= 4 is 23.1 Å². The summed E-state index contributed by atoms with van der Waals surface area (Å²) in [6, 6.07) is 5.95. The molecule has 12 heteroatoms. The number of carbonyl (C=O) groups excluding carboxylic acids is 2. The van der Waals surface area contributed by atoms with Gasteiger partial charge in [-0.3, -0.25) is 14.9 Å². The number of anilines is 1. The predicted octanol–water partition coefficient (Wildman–Crippen LogP) is 4.90. The number of ether oxygens (including phenoxy) is 1. The van der Waals surface area contributed by atoms with Crippen molar-refractivity contribution in [3.63, 3.8) is 0 Å². The Labute approximate surface area is 197 Å². The number of aromatic nitrogens is 1. The minimum atomic E-state index is -4.76. The summed E-state index contributed by atoms with van der Waals surface area (Å²) >= 11 is 0. The number of benzene rings is 1. The number of nitro groups is 1. The van der Waals surface area contributed by atoms with E-state index in [-0.39, 0.29) is 5.69 Å². The smallest absolute Gasteiger partial charge is 0.416 e. The van der Waals surface area contributed by atoms with E-state index in [0.717, 1.165) is 11.8 Å². The highest BCUT2D eigenvalue weighted by atomic mass is 19.4. The van der Waals surface area contributed by atoms with Crippen LogP contribution in [0.4, 0.5) is 24.5 Å². The molecule has 0 aliphatic heterocycles. The average Bonchev–Trinajstić information content (AvgIpc) is 3.40. The van der Waals surface area contributed by atoms with Gasteiger partial charge in [0, 0.05) is 23.0 Å². The van der Waals surface area contributed by atoms with Crippen molar-refractivity contribution in [3.8, 4) is 0 Å². The number of rotatable bonds is 9. The second-order valence-corrected chi connectivity index (χ2v) is 7.83. The van der Waals surface area contributed by atoms with Gasteiger partial charge in [0.1, 0.15) is 17.5 Å². The summed E-state index contributed by atoms with van der Waals surface area (Å²) < 4.78 is 50.9. The molecule has 0 aliphatic carbocycles. The summed E-state index contributed by atoms with van der Waals surface area (Å²) in [7, 11) is 0. The topological polar surface area (TPSA) is 117 Å². The number of aryl methyl sites for hydroxylation is 1. The molecule has 2 aromatic heterocycles. The van der Waals surface area contributed by atoms with Crippen LogP contribution in [0.15, 0.2) is 47.1 Å². The van der Waals surface area contributed by atoms with Crippen LogP contribution < -0.4 is 5.32 Å². The van der Waals surface area contributed by atoms with Gasteiger partial charge in [0.25, 0.3) is 5.69 Å². The molecule has 9 nitrogen and oxygen atoms in total. The van der Waals surface area contributed by atoms with E-state index >= 15 is 0 Å². The summed E-state index contributed by atoms with van der Waals surface area (Å²) in [5, 5.41) is 13.7. The van der Waals surface area contributed by atoms with Crippen molar-refractivity contribution in [2.24, 2.45) is 0 Å². The Hall–Kier alpha value is -4.09. The molecule has 3 aromatic rings. The van der Waals surface area contributed by atoms with Crippen LogP contribution in [-0.2, 0) is 22.3 Å². The van der Waals surface area contributed by atoms with E-state index < -0.39 is 46.8 Å². The molecule has 0 saturated heterocycles. The van der Waals surface area contributed by atoms with Crippen LogP contribution in [0.5, 0.6) is 0 Å². The first-order valence-electron chi connectivity index (χ1n) is 10.4. The maximum absolute atomic E-state index is 12.9. The molecule has 0 fully saturated rings. The summed E-state index contributed by atoms with van der Waals surface area (Å²) in [5.41, 5.74) is -0.509. The summed E-state index contributed by atoms with van der Waals surface area (Å²) in [6.07, 6.45) is -3.22. The van der Waals surface area contributed by atoms with Gasteiger partial charge in [0.15, 0.2) is 6.61 Å². The molecule has 0 bridgehead atoms. The van der Waals surface area contributed by atoms with E-state index in [4.69, 9.17) is 9.15 Å². The van der Waals surface area contributed by atoms with Crippen molar-refractivity contribution < 1.29 is 36.8 Å². The van der Waals surface area contributed by atoms with Gasteiger partial charge in [-0.2, -0.15) is 13.2 Å². The SMILES string of the molecule is Cc1cc(C(=O)COC(=O)C(C)Nc2ccc(C(F)(F)F)cc2[N+](=O)[O-])c(C)n1Cc1ccco1. The number of furan rings is 1. The van der Waals surface area contributed by atoms with E-state index in [1.807, 2.05) is 11.5 Å². The fourth-order valence-corrected chi connectivity index (χ4v) is 3.50. The summed E-state index contributed by atoms with van der Waals surface area (Å²) in [6.45, 7) is 4.72. The number of hydrogen-bond donors (Lipinski definition) is 1. The van der Waals surface area contributed by atoms with Crippen LogP contribution in [0.3, 0.4) is 0 Å². The van der Waals surface area contributed by atoms with E-state index in [1.165, 1.54) is 6.92 Å². The molecule has 2 heterocycles. The molecule has 0 radical (unpaired) electrons. The molecule has 1 aromatic carbocycles. The number of nitrogens with one attached hydrogen (secondary N) is 1. The van der Waals surface area contributed by atoms with Gasteiger partial charge < -0.3 is 19.0 Å². The number of Topliss-reactive ketones (excluding diaryl/α,β-unsaturated/α-hetero) is 1. The number of hydrogen-bond acceptors (Lipinski definition) is 7. The molecule has 186 valence electrons. The lowest BCUT2D eigenvalue weighted by molar-refractivity contribution is -0.384. The number of alkyl halides is 3. The van der Waals surface area contributed by atoms with Crippen LogP contribution in [0.25, 0.3) is 0 Å². The molecule has 1 N–H and O–H groups in total. The first-order valence-corrected chi connectivity index (χ1v) is 10.4. The lowest BCUT2D eigenvalue weighted by Gasteiger charge is -2.15. The third-order valence-electron chi connectivity index (χ3n) is 5.36. The predicted molar refractivity (Wildman–Crippen MR) is 118 cm³/mol. The lowest BCUT2D eigenvalue weighted by Crippen LogP contribution is -2.30. The first kappa shape index (κ1) is 25.5. The van der Waals surface area contributed by atoms with Gasteiger partial charge in [0.2, 0.25) is 5.78 Å². The molecule has 0 saturated carbocycles. The molecule has 35 heavy (non-hydrogen) atoms. The van der Waals surface area contributed by atoms with Gasteiger partial charge >= 0.3 is 12.1 Å². The molecule has 0 amide bonds. The van der Waals surface area contributed by atoms with Crippen molar-refractivity contribution in [1.82, 2.24) is 4.57 Å². The fraction of sp³-hybridized carbons (Fsp3) is 0.304. The number of nitrogens with zero attached hydrogens (tertiary/aromatic N) is 2. The number of carbonyl (C=O) groups is 2. The molecular weight excluding hydrogens is 471 g/mol. The normalized spacial score (nSPS) is 12.3. The minimum Gasteiger partial charge on any atom is -0.467 e. The Morgan fingerprint density at radius 3 is 2.54 bits per heavy atom. The van der Waals surface area contributed by atoms with Crippen molar-refractivity contribution in [2.75, 3.05) is 11.9 Å². The van der Waals surface area contributed by atoms with Crippen LogP contribution in [0, 0.1) is 24.0 Å². The van der Waals surface area contributed by atoms with Gasteiger partial charge in [-0.05, 0) is 51.1 Å². The summed E-state index contributed by atoms with van der Waals surface area (Å²) in [5.74, 6) is -0.656. The Balaban J connectivity index is 1.65. The number of halogens is 3. The quantitative estimate of drug-likeness (QED) is 0.195. The first-order chi connectivity index (χ1) is 16.4. The molecule has 0 aliphatic rings. The zero-order valence-corrected chi connectivity index (χ0v) is 19.0. The van der Waals surface area contributed by atoms with E-state index in [1.54, 1.807) is 31.4 Å². The minimum absolute atomic E-state index is 0.291. The third-order valence-corrected chi connectivity index (χ3v) is 5.36. The number of ketones is 1. The number of nitro benzene ring substituents is 1. The highest BCUT2D eigenvalue weighted by molar-refractivity contribution is 5.99. The van der Waals surface area contributed by atoms with Crippen LogP contribution in [-0.4, -0.2) is 33.9 Å². The molecule has 1 unspecified atom stereocenters. The Morgan fingerprint density at radius 2 is 1.94 bits per heavy atom. The van der Waals surface area contributed by atoms with Gasteiger partial charge in [-0.15, -0.1) is 0 Å². The van der Waals surface area contributed by atoms with Gasteiger partial charge in [0.05, 0.1) is 23.3 Å². The average molecular weight is 493 g/mol. The van der Waals surface area contributed by atoms with E-state index in [0.29, 0.717) is 35.7 Å².